The molecule has 0 saturated carbocycles. The average molecular weight is 492 g/mol. The minimum atomic E-state index is -3.47. The lowest BCUT2D eigenvalue weighted by molar-refractivity contribution is -0.126. The van der Waals surface area contributed by atoms with Crippen LogP contribution in [0.5, 0.6) is 0 Å². The molecular formula is C26H29N5O3S. The molecule has 1 aromatic heterocycles. The number of amides is 1. The van der Waals surface area contributed by atoms with Gasteiger partial charge >= 0.3 is 0 Å². The quantitative estimate of drug-likeness (QED) is 0.495. The van der Waals surface area contributed by atoms with Crippen molar-refractivity contribution in [1.29, 1.82) is 5.26 Å². The third-order valence-electron chi connectivity index (χ3n) is 6.26. The first-order valence-electron chi connectivity index (χ1n) is 11.7. The van der Waals surface area contributed by atoms with Crippen LogP contribution in [0.25, 0.3) is 0 Å². The number of hydrogen-bond acceptors (Lipinski definition) is 5. The molecule has 2 aromatic carbocycles. The summed E-state index contributed by atoms with van der Waals surface area (Å²) in [5.41, 5.74) is 3.42. The molecule has 1 fully saturated rings. The van der Waals surface area contributed by atoms with Gasteiger partial charge in [-0.1, -0.05) is 42.5 Å². The van der Waals surface area contributed by atoms with Gasteiger partial charge in [-0.3, -0.25) is 4.79 Å². The second-order valence-electron chi connectivity index (χ2n) is 8.80. The Balaban J connectivity index is 1.28. The molecule has 182 valence electrons. The monoisotopic (exact) mass is 491 g/mol. The molecule has 1 saturated heterocycles. The summed E-state index contributed by atoms with van der Waals surface area (Å²) in [5, 5.41) is 11.9. The minimum Gasteiger partial charge on any atom is -0.355 e. The second kappa shape index (κ2) is 11.3. The van der Waals surface area contributed by atoms with Gasteiger partial charge in [0.05, 0.1) is 29.6 Å². The van der Waals surface area contributed by atoms with Crippen LogP contribution in [0, 0.1) is 17.2 Å². The summed E-state index contributed by atoms with van der Waals surface area (Å²) in [6.45, 7) is 1.75. The Hall–Kier alpha value is -3.48. The van der Waals surface area contributed by atoms with E-state index in [4.69, 9.17) is 5.26 Å². The molecule has 3 aromatic rings. The first-order valence-corrected chi connectivity index (χ1v) is 13.3. The lowest BCUT2D eigenvalue weighted by atomic mass is 9.99. The topological polar surface area (TPSA) is 108 Å². The molecule has 9 heteroatoms. The van der Waals surface area contributed by atoms with Crippen LogP contribution in [0.3, 0.4) is 0 Å². The van der Waals surface area contributed by atoms with Gasteiger partial charge in [-0.05, 0) is 36.1 Å². The van der Waals surface area contributed by atoms with Crippen molar-refractivity contribution < 1.29 is 13.2 Å². The van der Waals surface area contributed by atoms with Crippen LogP contribution in [0.15, 0.2) is 67.1 Å². The van der Waals surface area contributed by atoms with Crippen LogP contribution in [0.2, 0.25) is 0 Å². The van der Waals surface area contributed by atoms with E-state index in [1.807, 2.05) is 34.9 Å². The first-order chi connectivity index (χ1) is 16.9. The summed E-state index contributed by atoms with van der Waals surface area (Å²) in [6.07, 6.45) is 5.51. The molecule has 4 rings (SSSR count). The highest BCUT2D eigenvalue weighted by Crippen LogP contribution is 2.21. The van der Waals surface area contributed by atoms with Crippen LogP contribution in [-0.4, -0.2) is 47.8 Å². The normalized spacial score (nSPS) is 16.5. The molecule has 1 aliphatic heterocycles. The number of piperidine rings is 1. The molecule has 8 nitrogen and oxygen atoms in total. The van der Waals surface area contributed by atoms with Gasteiger partial charge < -0.3 is 9.88 Å². The van der Waals surface area contributed by atoms with E-state index in [0.717, 1.165) is 16.8 Å². The number of benzene rings is 2. The van der Waals surface area contributed by atoms with E-state index < -0.39 is 10.0 Å². The Labute approximate surface area is 206 Å². The van der Waals surface area contributed by atoms with E-state index in [-0.39, 0.29) is 24.1 Å². The van der Waals surface area contributed by atoms with Gasteiger partial charge in [0.25, 0.3) is 0 Å². The zero-order chi connectivity index (χ0) is 24.7. The number of nitriles is 1. The van der Waals surface area contributed by atoms with Crippen LogP contribution in [0.1, 0.15) is 35.2 Å². The van der Waals surface area contributed by atoms with Crippen molar-refractivity contribution in [3.8, 4) is 6.07 Å². The summed E-state index contributed by atoms with van der Waals surface area (Å²) < 4.78 is 29.2. The Morgan fingerprint density at radius 1 is 1.11 bits per heavy atom. The van der Waals surface area contributed by atoms with Crippen molar-refractivity contribution in [2.45, 2.75) is 31.6 Å². The smallest absolute Gasteiger partial charge is 0.224 e. The molecule has 2 heterocycles. The lowest BCUT2D eigenvalue weighted by Gasteiger charge is -2.31. The fourth-order valence-corrected chi connectivity index (χ4v) is 5.93. The SMILES string of the molecule is N#Cc1ccc(Cn2cncc2CCNC(=O)[C@H]2CCCN(S(=O)(=O)Cc3ccccc3)C2)cc1. The van der Waals surface area contributed by atoms with E-state index >= 15 is 0 Å². The number of sulfonamides is 1. The molecule has 0 aliphatic carbocycles. The van der Waals surface area contributed by atoms with Crippen molar-refractivity contribution in [3.05, 3.63) is 89.5 Å². The van der Waals surface area contributed by atoms with E-state index in [1.165, 1.54) is 4.31 Å². The molecule has 35 heavy (non-hydrogen) atoms. The third-order valence-corrected chi connectivity index (χ3v) is 8.07. The third kappa shape index (κ3) is 6.56. The summed E-state index contributed by atoms with van der Waals surface area (Å²) in [5.74, 6) is -0.508. The maximum atomic E-state index is 12.9. The zero-order valence-corrected chi connectivity index (χ0v) is 20.3. The predicted molar refractivity (Wildman–Crippen MR) is 133 cm³/mol. The fourth-order valence-electron chi connectivity index (χ4n) is 4.32. The summed E-state index contributed by atoms with van der Waals surface area (Å²) in [6, 6.07) is 18.7. The number of carbonyl (C=O) groups excluding carboxylic acids is 1. The van der Waals surface area contributed by atoms with Gasteiger partial charge in [0.2, 0.25) is 15.9 Å². The highest BCUT2D eigenvalue weighted by Gasteiger charge is 2.32. The van der Waals surface area contributed by atoms with E-state index in [0.29, 0.717) is 44.5 Å². The molecule has 1 N–H and O–H groups in total. The Morgan fingerprint density at radius 2 is 1.89 bits per heavy atom. The van der Waals surface area contributed by atoms with Crippen LogP contribution in [-0.2, 0) is 33.5 Å². The van der Waals surface area contributed by atoms with Gasteiger partial charge in [-0.15, -0.1) is 0 Å². The minimum absolute atomic E-state index is 0.0502. The van der Waals surface area contributed by atoms with Gasteiger partial charge in [-0.25, -0.2) is 17.7 Å². The largest absolute Gasteiger partial charge is 0.355 e. The maximum Gasteiger partial charge on any atom is 0.224 e. The first kappa shape index (κ1) is 24.6. The average Bonchev–Trinajstić information content (AvgIpc) is 3.31. The molecule has 0 unspecified atom stereocenters. The van der Waals surface area contributed by atoms with Crippen LogP contribution < -0.4 is 5.32 Å². The summed E-state index contributed by atoms with van der Waals surface area (Å²) >= 11 is 0. The molecule has 1 aliphatic rings. The number of rotatable bonds is 9. The Kier molecular flexibility index (Phi) is 7.95. The highest BCUT2D eigenvalue weighted by molar-refractivity contribution is 7.88. The molecular weight excluding hydrogens is 462 g/mol. The predicted octanol–water partition coefficient (Wildman–Crippen LogP) is 2.70. The molecule has 1 amide bonds. The summed E-state index contributed by atoms with van der Waals surface area (Å²) in [4.78, 5) is 17.0. The number of imidazole rings is 1. The zero-order valence-electron chi connectivity index (χ0n) is 19.5. The lowest BCUT2D eigenvalue weighted by Crippen LogP contribution is -2.46. The van der Waals surface area contributed by atoms with Crippen molar-refractivity contribution >= 4 is 15.9 Å². The highest BCUT2D eigenvalue weighted by atomic mass is 32.2. The fraction of sp³-hybridized carbons (Fsp3) is 0.346. The van der Waals surface area contributed by atoms with E-state index in [2.05, 4.69) is 16.4 Å². The second-order valence-corrected chi connectivity index (χ2v) is 10.8. The van der Waals surface area contributed by atoms with Gasteiger partial charge in [0, 0.05) is 44.5 Å². The Morgan fingerprint density at radius 3 is 2.63 bits per heavy atom. The molecule has 0 radical (unpaired) electrons. The standard InChI is InChI=1S/C26H29N5O3S/c27-15-21-8-10-22(11-9-21)17-30-20-28-16-25(30)12-13-29-26(32)24-7-4-14-31(18-24)35(33,34)19-23-5-2-1-3-6-23/h1-3,5-6,8-11,16,20,24H,4,7,12-14,17-19H2,(H,29,32)/t24-/m0/s1. The molecule has 1 atom stereocenters. The van der Waals surface area contributed by atoms with Crippen molar-refractivity contribution in [2.24, 2.45) is 5.92 Å². The number of nitrogens with zero attached hydrogens (tertiary/aromatic N) is 4. The number of aromatic nitrogens is 2. The molecule has 0 spiro atoms. The van der Waals surface area contributed by atoms with Crippen molar-refractivity contribution in [3.63, 3.8) is 0 Å². The number of carbonyl (C=O) groups is 1. The van der Waals surface area contributed by atoms with Gasteiger partial charge in [0.15, 0.2) is 0 Å². The van der Waals surface area contributed by atoms with E-state index in [1.54, 1.807) is 36.8 Å². The molecule has 0 bridgehead atoms. The summed E-state index contributed by atoms with van der Waals surface area (Å²) in [7, 11) is -3.47. The number of hydrogen-bond donors (Lipinski definition) is 1. The van der Waals surface area contributed by atoms with Gasteiger partial charge in [0.1, 0.15) is 0 Å². The van der Waals surface area contributed by atoms with Crippen LogP contribution in [0.4, 0.5) is 0 Å². The number of nitrogens with one attached hydrogen (secondary N) is 1. The van der Waals surface area contributed by atoms with Crippen LogP contribution >= 0.6 is 0 Å². The Bertz CT molecular complexity index is 1280. The van der Waals surface area contributed by atoms with Gasteiger partial charge in [-0.2, -0.15) is 5.26 Å². The van der Waals surface area contributed by atoms with Crippen molar-refractivity contribution in [1.82, 2.24) is 19.2 Å². The van der Waals surface area contributed by atoms with E-state index in [9.17, 15) is 13.2 Å². The van der Waals surface area contributed by atoms with Crippen molar-refractivity contribution in [2.75, 3.05) is 19.6 Å². The maximum absolute atomic E-state index is 12.9.